The molecule has 0 radical (unpaired) electrons. The van der Waals surface area contributed by atoms with Gasteiger partial charge in [0.1, 0.15) is 0 Å². The van der Waals surface area contributed by atoms with E-state index in [1.54, 1.807) is 0 Å². The van der Waals surface area contributed by atoms with Crippen LogP contribution in [0.4, 0.5) is 0 Å². The van der Waals surface area contributed by atoms with Gasteiger partial charge in [0, 0.05) is 12.5 Å². The number of nitrogens with one attached hydrogen (secondary N) is 1. The first-order valence-corrected chi connectivity index (χ1v) is 5.89. The highest BCUT2D eigenvalue weighted by molar-refractivity contribution is 6.19. The smallest absolute Gasteiger partial charge is 0.227 e. The van der Waals surface area contributed by atoms with E-state index in [1.165, 1.54) is 0 Å². The Morgan fingerprint density at radius 2 is 2.27 bits per heavy atom. The predicted molar refractivity (Wildman–Crippen MR) is 61.1 cm³/mol. The normalized spacial score (nSPS) is 27.5. The molecule has 1 unspecified atom stereocenters. The molecule has 1 fully saturated rings. The summed E-state index contributed by atoms with van der Waals surface area (Å²) >= 11 is 5.76. The van der Waals surface area contributed by atoms with Crippen molar-refractivity contribution in [3.8, 4) is 0 Å². The summed E-state index contributed by atoms with van der Waals surface area (Å²) in [6.07, 6.45) is 1.97. The third-order valence-corrected chi connectivity index (χ3v) is 3.47. The van der Waals surface area contributed by atoms with Crippen molar-refractivity contribution in [3.63, 3.8) is 0 Å². The Morgan fingerprint density at radius 1 is 1.60 bits per heavy atom. The van der Waals surface area contributed by atoms with Crippen LogP contribution in [0.1, 0.15) is 33.6 Å². The van der Waals surface area contributed by atoms with Crippen LogP contribution >= 0.6 is 11.6 Å². The van der Waals surface area contributed by atoms with Gasteiger partial charge >= 0.3 is 0 Å². The lowest BCUT2D eigenvalue weighted by Gasteiger charge is -2.36. The van der Waals surface area contributed by atoms with E-state index in [1.807, 2.05) is 20.8 Å². The summed E-state index contributed by atoms with van der Waals surface area (Å²) in [4.78, 5) is 11.9. The first kappa shape index (κ1) is 12.8. The number of carbonyl (C=O) groups is 1. The van der Waals surface area contributed by atoms with Crippen molar-refractivity contribution in [2.24, 2.45) is 5.41 Å². The highest BCUT2D eigenvalue weighted by atomic mass is 35.5. The van der Waals surface area contributed by atoms with Crippen molar-refractivity contribution in [3.05, 3.63) is 0 Å². The van der Waals surface area contributed by atoms with Gasteiger partial charge in [-0.3, -0.25) is 4.79 Å². The van der Waals surface area contributed by atoms with Gasteiger partial charge in [0.15, 0.2) is 0 Å². The summed E-state index contributed by atoms with van der Waals surface area (Å²) in [5, 5.41) is 3.04. The Hall–Kier alpha value is -0.280. The zero-order chi connectivity index (χ0) is 11.5. The molecule has 1 atom stereocenters. The van der Waals surface area contributed by atoms with Crippen molar-refractivity contribution in [1.29, 1.82) is 0 Å². The fourth-order valence-electron chi connectivity index (χ4n) is 1.54. The molecule has 15 heavy (non-hydrogen) atoms. The molecule has 1 heterocycles. The van der Waals surface area contributed by atoms with Crippen LogP contribution in [0.25, 0.3) is 0 Å². The maximum atomic E-state index is 11.9. The van der Waals surface area contributed by atoms with Gasteiger partial charge in [-0.2, -0.15) is 0 Å². The minimum Gasteiger partial charge on any atom is -0.379 e. The largest absolute Gasteiger partial charge is 0.379 e. The second-order valence-corrected chi connectivity index (χ2v) is 5.46. The topological polar surface area (TPSA) is 38.3 Å². The summed E-state index contributed by atoms with van der Waals surface area (Å²) in [5.41, 5.74) is -0.735. The fourth-order valence-corrected chi connectivity index (χ4v) is 1.66. The molecule has 0 aromatic heterocycles. The van der Waals surface area contributed by atoms with Gasteiger partial charge in [0.05, 0.1) is 17.6 Å². The number of carbonyl (C=O) groups excluding carboxylic acids is 1. The molecule has 0 aliphatic carbocycles. The van der Waals surface area contributed by atoms with Gasteiger partial charge in [-0.25, -0.2) is 0 Å². The number of rotatable bonds is 3. The molecule has 0 aromatic carbocycles. The molecule has 3 nitrogen and oxygen atoms in total. The lowest BCUT2D eigenvalue weighted by atomic mass is 9.90. The number of halogens is 1. The van der Waals surface area contributed by atoms with Crippen molar-refractivity contribution >= 4 is 17.5 Å². The van der Waals surface area contributed by atoms with E-state index in [0.717, 1.165) is 19.4 Å². The minimum absolute atomic E-state index is 0.00509. The molecular formula is C11H20ClNO2. The van der Waals surface area contributed by atoms with Crippen molar-refractivity contribution in [1.82, 2.24) is 5.32 Å². The third kappa shape index (κ3) is 3.35. The molecule has 1 saturated heterocycles. The summed E-state index contributed by atoms with van der Waals surface area (Å²) in [6.45, 7) is 7.11. The monoisotopic (exact) mass is 233 g/mol. The van der Waals surface area contributed by atoms with E-state index in [-0.39, 0.29) is 11.4 Å². The van der Waals surface area contributed by atoms with Crippen molar-refractivity contribution in [2.75, 3.05) is 19.1 Å². The zero-order valence-electron chi connectivity index (χ0n) is 9.73. The Balaban J connectivity index is 2.56. The maximum absolute atomic E-state index is 11.9. The van der Waals surface area contributed by atoms with Gasteiger partial charge in [0.25, 0.3) is 0 Å². The molecule has 1 rings (SSSR count). The predicted octanol–water partition coefficient (Wildman–Crippen LogP) is 1.94. The second-order valence-electron chi connectivity index (χ2n) is 5.19. The Labute approximate surface area is 96.5 Å². The van der Waals surface area contributed by atoms with E-state index >= 15 is 0 Å². The highest BCUT2D eigenvalue weighted by Crippen LogP contribution is 2.23. The number of hydrogen-bond donors (Lipinski definition) is 1. The van der Waals surface area contributed by atoms with Crippen molar-refractivity contribution < 1.29 is 9.53 Å². The van der Waals surface area contributed by atoms with Crippen LogP contribution in [0.15, 0.2) is 0 Å². The molecule has 1 aliphatic heterocycles. The van der Waals surface area contributed by atoms with Crippen LogP contribution < -0.4 is 5.32 Å². The first-order valence-electron chi connectivity index (χ1n) is 5.36. The second kappa shape index (κ2) is 4.71. The Kier molecular flexibility index (Phi) is 4.01. The quantitative estimate of drug-likeness (QED) is 0.757. The number of amides is 1. The summed E-state index contributed by atoms with van der Waals surface area (Å²) in [5.74, 6) is 0.334. The number of ether oxygens (including phenoxy) is 1. The molecule has 1 N–H and O–H groups in total. The lowest BCUT2D eigenvalue weighted by molar-refractivity contribution is -0.132. The van der Waals surface area contributed by atoms with Crippen LogP contribution in [0.5, 0.6) is 0 Å². The van der Waals surface area contributed by atoms with Crippen LogP contribution in [0, 0.1) is 5.41 Å². The molecule has 0 bridgehead atoms. The molecule has 4 heteroatoms. The zero-order valence-corrected chi connectivity index (χ0v) is 10.5. The molecule has 0 saturated carbocycles. The average molecular weight is 234 g/mol. The van der Waals surface area contributed by atoms with Gasteiger partial charge < -0.3 is 10.1 Å². The minimum atomic E-state index is -0.512. The molecule has 1 aliphatic rings. The summed E-state index contributed by atoms with van der Waals surface area (Å²) in [7, 11) is 0. The summed E-state index contributed by atoms with van der Waals surface area (Å²) < 4.78 is 5.38. The van der Waals surface area contributed by atoms with Gasteiger partial charge in [-0.15, -0.1) is 11.6 Å². The van der Waals surface area contributed by atoms with Crippen LogP contribution in [-0.4, -0.2) is 30.5 Å². The first-order chi connectivity index (χ1) is 6.90. The van der Waals surface area contributed by atoms with E-state index in [2.05, 4.69) is 5.32 Å². The average Bonchev–Trinajstić information content (AvgIpc) is 2.18. The van der Waals surface area contributed by atoms with E-state index in [0.29, 0.717) is 12.5 Å². The van der Waals surface area contributed by atoms with Gasteiger partial charge in [-0.05, 0) is 33.6 Å². The molecular weight excluding hydrogens is 214 g/mol. The van der Waals surface area contributed by atoms with Gasteiger partial charge in [0.2, 0.25) is 5.91 Å². The Morgan fingerprint density at radius 3 is 2.73 bits per heavy atom. The van der Waals surface area contributed by atoms with Crippen LogP contribution in [0.2, 0.25) is 0 Å². The molecule has 0 aromatic rings. The highest BCUT2D eigenvalue weighted by Gasteiger charge is 2.34. The van der Waals surface area contributed by atoms with E-state index < -0.39 is 5.41 Å². The lowest BCUT2D eigenvalue weighted by Crippen LogP contribution is -2.55. The molecule has 1 amide bonds. The maximum Gasteiger partial charge on any atom is 0.227 e. The van der Waals surface area contributed by atoms with Crippen molar-refractivity contribution in [2.45, 2.75) is 39.2 Å². The van der Waals surface area contributed by atoms with Crippen LogP contribution in [0.3, 0.4) is 0 Å². The Bertz CT molecular complexity index is 235. The van der Waals surface area contributed by atoms with Gasteiger partial charge in [-0.1, -0.05) is 0 Å². The molecule has 0 spiro atoms. The van der Waals surface area contributed by atoms with E-state index in [9.17, 15) is 4.79 Å². The summed E-state index contributed by atoms with van der Waals surface area (Å²) in [6, 6.07) is 0. The molecule has 88 valence electrons. The fraction of sp³-hybridized carbons (Fsp3) is 0.909. The standard InChI is InChI=1S/C11H20ClNO2/c1-10(2,7-12)9(14)13-11(3)5-4-6-15-8-11/h4-8H2,1-3H3,(H,13,14). The third-order valence-electron chi connectivity index (χ3n) is 2.80. The van der Waals surface area contributed by atoms with E-state index in [4.69, 9.17) is 16.3 Å². The number of hydrogen-bond acceptors (Lipinski definition) is 2. The number of alkyl halides is 1. The van der Waals surface area contributed by atoms with Crippen LogP contribution in [-0.2, 0) is 9.53 Å². The SMILES string of the molecule is CC1(NC(=O)C(C)(C)CCl)CCCOC1.